The zero-order valence-electron chi connectivity index (χ0n) is 8.25. The van der Waals surface area contributed by atoms with Crippen LogP contribution in [-0.4, -0.2) is 11.1 Å². The average molecular weight is 251 g/mol. The number of carbonyl (C=O) groups is 1. The Kier molecular flexibility index (Phi) is 6.47. The van der Waals surface area contributed by atoms with Gasteiger partial charge in [0.25, 0.3) is 0 Å². The van der Waals surface area contributed by atoms with Crippen LogP contribution in [0, 0.1) is 0 Å². The van der Waals surface area contributed by atoms with E-state index in [1.807, 2.05) is 30.3 Å². The van der Waals surface area contributed by atoms with Gasteiger partial charge in [0.15, 0.2) is 0 Å². The van der Waals surface area contributed by atoms with E-state index in [1.54, 1.807) is 0 Å². The molecule has 0 saturated carbocycles. The van der Waals surface area contributed by atoms with E-state index < -0.39 is 5.97 Å². The Bertz CT molecular complexity index is 329. The van der Waals surface area contributed by atoms with E-state index in [2.05, 4.69) is 0 Å². The van der Waals surface area contributed by atoms with Gasteiger partial charge >= 0.3 is 5.97 Å². The van der Waals surface area contributed by atoms with E-state index in [0.29, 0.717) is 0 Å². The molecule has 0 aromatic heterocycles. The molecule has 1 aromatic carbocycles. The molecule has 0 aliphatic heterocycles. The van der Waals surface area contributed by atoms with Gasteiger partial charge in [-0.05, 0) is 12.5 Å². The normalized spacial score (nSPS) is 10.3. The average Bonchev–Trinajstić information content (AvgIpc) is 2.15. The number of carbonyl (C=O) groups excluding carboxylic acids is 1. The summed E-state index contributed by atoms with van der Waals surface area (Å²) in [5, 5.41) is 8.78. The van der Waals surface area contributed by atoms with Crippen molar-refractivity contribution in [3.63, 3.8) is 0 Å². The molecule has 0 unspecified atom stereocenters. The van der Waals surface area contributed by atoms with Crippen LogP contribution in [0.25, 0.3) is 0 Å². The van der Waals surface area contributed by atoms with Gasteiger partial charge in [-0.2, -0.15) is 0 Å². The Balaban J connectivity index is 0.00000196. The molecule has 1 N–H and O–H groups in total. The first-order chi connectivity index (χ1) is 6.68. The van der Waals surface area contributed by atoms with Gasteiger partial charge in [0.1, 0.15) is 6.61 Å². The third-order valence-electron chi connectivity index (χ3n) is 1.55. The Morgan fingerprint density at radius 2 is 2.00 bits per heavy atom. The maximum Gasteiger partial charge on any atom is 0.334 e. The number of ether oxygens (including phenoxy) is 1. The standard InChI is InChI=1S/C11H12O3.Ni/c1-9(12)7-11(13)14-8-10-5-3-2-4-6-10;/h2-7,12H,8H2,1H3;/b9-7-;. The molecule has 4 heteroatoms. The van der Waals surface area contributed by atoms with Crippen LogP contribution >= 0.6 is 0 Å². The van der Waals surface area contributed by atoms with Crippen LogP contribution in [0.1, 0.15) is 12.5 Å². The Morgan fingerprint density at radius 3 is 2.53 bits per heavy atom. The first-order valence-corrected chi connectivity index (χ1v) is 4.26. The van der Waals surface area contributed by atoms with Crippen LogP contribution in [0.15, 0.2) is 42.2 Å². The number of hydrogen-bond acceptors (Lipinski definition) is 3. The van der Waals surface area contributed by atoms with E-state index in [-0.39, 0.29) is 28.9 Å². The van der Waals surface area contributed by atoms with Crippen LogP contribution in [-0.2, 0) is 32.6 Å². The van der Waals surface area contributed by atoms with Crippen molar-refractivity contribution in [3.05, 3.63) is 47.7 Å². The third kappa shape index (κ3) is 5.92. The minimum Gasteiger partial charge on any atom is -0.512 e. The predicted octanol–water partition coefficient (Wildman–Crippen LogP) is 2.19. The van der Waals surface area contributed by atoms with Crippen molar-refractivity contribution < 1.29 is 31.1 Å². The van der Waals surface area contributed by atoms with Gasteiger partial charge in [-0.25, -0.2) is 4.79 Å². The number of aliphatic hydroxyl groups excluding tert-OH is 1. The molecule has 0 fully saturated rings. The van der Waals surface area contributed by atoms with Crippen molar-refractivity contribution in [1.29, 1.82) is 0 Å². The summed E-state index contributed by atoms with van der Waals surface area (Å²) in [7, 11) is 0. The summed E-state index contributed by atoms with van der Waals surface area (Å²) in [6, 6.07) is 9.36. The molecule has 0 bridgehead atoms. The van der Waals surface area contributed by atoms with Gasteiger partial charge < -0.3 is 9.84 Å². The van der Waals surface area contributed by atoms with Crippen LogP contribution in [0.5, 0.6) is 0 Å². The summed E-state index contributed by atoms with van der Waals surface area (Å²) in [6.45, 7) is 1.65. The Morgan fingerprint density at radius 1 is 1.40 bits per heavy atom. The van der Waals surface area contributed by atoms with Crippen LogP contribution in [0.2, 0.25) is 0 Å². The topological polar surface area (TPSA) is 46.5 Å². The fourth-order valence-electron chi connectivity index (χ4n) is 0.941. The van der Waals surface area contributed by atoms with Crippen molar-refractivity contribution in [3.8, 4) is 0 Å². The summed E-state index contributed by atoms with van der Waals surface area (Å²) in [5.41, 5.74) is 0.921. The molecule has 0 saturated heterocycles. The van der Waals surface area contributed by atoms with Crippen molar-refractivity contribution >= 4 is 5.97 Å². The number of rotatable bonds is 3. The smallest absolute Gasteiger partial charge is 0.334 e. The molecule has 84 valence electrons. The quantitative estimate of drug-likeness (QED) is 0.387. The monoisotopic (exact) mass is 250 g/mol. The first-order valence-electron chi connectivity index (χ1n) is 4.26. The molecule has 0 atom stereocenters. The van der Waals surface area contributed by atoms with Gasteiger partial charge in [0, 0.05) is 16.5 Å². The molecule has 1 aromatic rings. The Labute approximate surface area is 98.7 Å². The van der Waals surface area contributed by atoms with Gasteiger partial charge in [0.2, 0.25) is 0 Å². The summed E-state index contributed by atoms with van der Waals surface area (Å²) in [5.74, 6) is -0.586. The molecule has 15 heavy (non-hydrogen) atoms. The molecule has 3 nitrogen and oxygen atoms in total. The first kappa shape index (κ1) is 13.7. The fourth-order valence-corrected chi connectivity index (χ4v) is 0.941. The maximum absolute atomic E-state index is 11.0. The fraction of sp³-hybridized carbons (Fsp3) is 0.182. The van der Waals surface area contributed by atoms with E-state index in [0.717, 1.165) is 11.6 Å². The summed E-state index contributed by atoms with van der Waals surface area (Å²) < 4.78 is 4.86. The van der Waals surface area contributed by atoms with Crippen molar-refractivity contribution in [1.82, 2.24) is 0 Å². The number of aliphatic hydroxyl groups is 1. The Hall–Kier alpha value is -1.28. The second-order valence-corrected chi connectivity index (χ2v) is 2.88. The molecule has 0 heterocycles. The van der Waals surface area contributed by atoms with Crippen molar-refractivity contribution in [2.45, 2.75) is 13.5 Å². The molecule has 0 amide bonds. The third-order valence-corrected chi connectivity index (χ3v) is 1.55. The van der Waals surface area contributed by atoms with Crippen LogP contribution in [0.4, 0.5) is 0 Å². The predicted molar refractivity (Wildman–Crippen MR) is 52.6 cm³/mol. The SMILES string of the molecule is C/C(O)=C/C(=O)OCc1ccccc1.[Ni]. The molecular weight excluding hydrogens is 239 g/mol. The summed E-state index contributed by atoms with van der Waals surface area (Å²) in [6.07, 6.45) is 1.04. The van der Waals surface area contributed by atoms with Gasteiger partial charge in [-0.3, -0.25) is 0 Å². The van der Waals surface area contributed by atoms with Crippen LogP contribution < -0.4 is 0 Å². The second kappa shape index (κ2) is 7.07. The largest absolute Gasteiger partial charge is 0.512 e. The number of allylic oxidation sites excluding steroid dienone is 1. The second-order valence-electron chi connectivity index (χ2n) is 2.88. The summed E-state index contributed by atoms with van der Waals surface area (Å²) in [4.78, 5) is 11.0. The summed E-state index contributed by atoms with van der Waals surface area (Å²) >= 11 is 0. The molecule has 0 spiro atoms. The molecular formula is C11H12NiO3. The van der Waals surface area contributed by atoms with E-state index in [9.17, 15) is 4.79 Å². The minimum atomic E-state index is -0.533. The molecule has 1 rings (SSSR count). The number of hydrogen-bond donors (Lipinski definition) is 1. The van der Waals surface area contributed by atoms with Gasteiger partial charge in [-0.1, -0.05) is 30.3 Å². The van der Waals surface area contributed by atoms with Crippen molar-refractivity contribution in [2.75, 3.05) is 0 Å². The van der Waals surface area contributed by atoms with Gasteiger partial charge in [-0.15, -0.1) is 0 Å². The molecule has 0 aliphatic rings. The van der Waals surface area contributed by atoms with E-state index in [1.165, 1.54) is 6.92 Å². The minimum absolute atomic E-state index is 0. The van der Waals surface area contributed by atoms with E-state index >= 15 is 0 Å². The van der Waals surface area contributed by atoms with Crippen LogP contribution in [0.3, 0.4) is 0 Å². The zero-order chi connectivity index (χ0) is 10.4. The van der Waals surface area contributed by atoms with E-state index in [4.69, 9.17) is 9.84 Å². The van der Waals surface area contributed by atoms with Crippen molar-refractivity contribution in [2.24, 2.45) is 0 Å². The number of esters is 1. The zero-order valence-corrected chi connectivity index (χ0v) is 9.24. The maximum atomic E-state index is 11.0. The molecule has 0 aliphatic carbocycles. The molecule has 0 radical (unpaired) electrons. The van der Waals surface area contributed by atoms with Gasteiger partial charge in [0.05, 0.1) is 11.8 Å². The number of benzene rings is 1.